The number of hydrogen-bond acceptors (Lipinski definition) is 4. The summed E-state index contributed by atoms with van der Waals surface area (Å²) in [6.07, 6.45) is 4.63. The van der Waals surface area contributed by atoms with Crippen molar-refractivity contribution in [1.29, 1.82) is 5.41 Å². The first-order chi connectivity index (χ1) is 5.77. The fourth-order valence-corrected chi connectivity index (χ4v) is 0.866. The van der Waals surface area contributed by atoms with Gasteiger partial charge in [0.15, 0.2) is 0 Å². The Balaban J connectivity index is 2.70. The average Bonchev–Trinajstić information content (AvgIpc) is 2.46. The lowest BCUT2D eigenvalue weighted by Gasteiger charge is -1.84. The van der Waals surface area contributed by atoms with Crippen molar-refractivity contribution in [2.24, 2.45) is 5.73 Å². The number of fused-ring (bicyclic) bond motifs is 1. The molecule has 0 saturated carbocycles. The lowest BCUT2D eigenvalue weighted by molar-refractivity contribution is 0.902. The highest BCUT2D eigenvalue weighted by Crippen LogP contribution is 1.97. The van der Waals surface area contributed by atoms with E-state index in [1.165, 1.54) is 10.7 Å². The van der Waals surface area contributed by atoms with E-state index in [-0.39, 0.29) is 5.84 Å². The van der Waals surface area contributed by atoms with Crippen molar-refractivity contribution >= 4 is 11.6 Å². The third kappa shape index (κ3) is 0.895. The van der Waals surface area contributed by atoms with Gasteiger partial charge in [0.1, 0.15) is 11.5 Å². The van der Waals surface area contributed by atoms with Gasteiger partial charge >= 0.3 is 0 Å². The van der Waals surface area contributed by atoms with Crippen molar-refractivity contribution in [2.45, 2.75) is 0 Å². The van der Waals surface area contributed by atoms with Crippen LogP contribution in [0.3, 0.4) is 0 Å². The molecule has 2 aromatic rings. The van der Waals surface area contributed by atoms with Crippen LogP contribution in [-0.4, -0.2) is 25.4 Å². The highest BCUT2D eigenvalue weighted by molar-refractivity contribution is 5.93. The molecular weight excluding hydrogens is 156 g/mol. The Labute approximate surface area is 67.6 Å². The van der Waals surface area contributed by atoms with E-state index in [1.807, 2.05) is 0 Å². The van der Waals surface area contributed by atoms with Gasteiger partial charge in [-0.2, -0.15) is 5.10 Å². The molecule has 0 aliphatic carbocycles. The first kappa shape index (κ1) is 6.71. The standard InChI is InChI=1S/C6H6N6/c7-5(8)4-3-12-6(11-4)9-1-2-10-12/h1-3H,(H3,7,8). The summed E-state index contributed by atoms with van der Waals surface area (Å²) in [6, 6.07) is 0. The predicted octanol–water partition coefficient (Wildman–Crippen LogP) is -0.592. The number of imidazole rings is 1. The van der Waals surface area contributed by atoms with Gasteiger partial charge in [0.2, 0.25) is 0 Å². The summed E-state index contributed by atoms with van der Waals surface area (Å²) in [6.45, 7) is 0. The third-order valence-electron chi connectivity index (χ3n) is 1.39. The van der Waals surface area contributed by atoms with E-state index in [4.69, 9.17) is 11.1 Å². The van der Waals surface area contributed by atoms with E-state index in [1.54, 1.807) is 12.4 Å². The number of nitrogens with two attached hydrogens (primary N) is 1. The Kier molecular flexibility index (Phi) is 1.26. The molecule has 2 aromatic heterocycles. The van der Waals surface area contributed by atoms with Crippen molar-refractivity contribution in [1.82, 2.24) is 19.6 Å². The zero-order valence-electron chi connectivity index (χ0n) is 6.10. The zero-order chi connectivity index (χ0) is 8.55. The molecule has 0 aliphatic heterocycles. The largest absolute Gasteiger partial charge is 0.382 e. The molecule has 6 heteroatoms. The normalized spacial score (nSPS) is 10.3. The predicted molar refractivity (Wildman–Crippen MR) is 41.8 cm³/mol. The molecule has 60 valence electrons. The minimum absolute atomic E-state index is 0.0812. The quantitative estimate of drug-likeness (QED) is 0.433. The summed E-state index contributed by atoms with van der Waals surface area (Å²) >= 11 is 0. The van der Waals surface area contributed by atoms with E-state index in [9.17, 15) is 0 Å². The maximum absolute atomic E-state index is 7.11. The molecular formula is C6H6N6. The van der Waals surface area contributed by atoms with Gasteiger partial charge in [0.25, 0.3) is 5.78 Å². The van der Waals surface area contributed by atoms with Gasteiger partial charge in [-0.1, -0.05) is 0 Å². The lowest BCUT2D eigenvalue weighted by Crippen LogP contribution is -2.11. The Hall–Kier alpha value is -1.98. The number of nitrogens with one attached hydrogen (secondary N) is 1. The minimum atomic E-state index is -0.0812. The molecule has 2 heterocycles. The van der Waals surface area contributed by atoms with E-state index >= 15 is 0 Å². The molecule has 3 N–H and O–H groups in total. The van der Waals surface area contributed by atoms with Crippen LogP contribution in [0.2, 0.25) is 0 Å². The van der Waals surface area contributed by atoms with Gasteiger partial charge in [0.05, 0.1) is 18.6 Å². The Morgan fingerprint density at radius 3 is 3.00 bits per heavy atom. The number of amidine groups is 1. The van der Waals surface area contributed by atoms with E-state index in [0.717, 1.165) is 0 Å². The Morgan fingerprint density at radius 2 is 2.33 bits per heavy atom. The van der Waals surface area contributed by atoms with Gasteiger partial charge < -0.3 is 5.73 Å². The summed E-state index contributed by atoms with van der Waals surface area (Å²) in [7, 11) is 0. The molecule has 0 radical (unpaired) electrons. The van der Waals surface area contributed by atoms with Crippen LogP contribution >= 0.6 is 0 Å². The van der Waals surface area contributed by atoms with Gasteiger partial charge in [-0.15, -0.1) is 0 Å². The molecule has 0 spiro atoms. The van der Waals surface area contributed by atoms with Crippen molar-refractivity contribution in [3.63, 3.8) is 0 Å². The molecule has 0 aromatic carbocycles. The van der Waals surface area contributed by atoms with Crippen molar-refractivity contribution in [2.75, 3.05) is 0 Å². The van der Waals surface area contributed by atoms with E-state index in [0.29, 0.717) is 11.5 Å². The molecule has 0 unspecified atom stereocenters. The van der Waals surface area contributed by atoms with E-state index in [2.05, 4.69) is 15.1 Å². The highest BCUT2D eigenvalue weighted by Gasteiger charge is 2.03. The monoisotopic (exact) mass is 162 g/mol. The maximum Gasteiger partial charge on any atom is 0.251 e. The van der Waals surface area contributed by atoms with Crippen LogP contribution in [0.25, 0.3) is 5.78 Å². The number of nitrogens with zero attached hydrogens (tertiary/aromatic N) is 4. The van der Waals surface area contributed by atoms with Crippen LogP contribution in [0.1, 0.15) is 5.69 Å². The first-order valence-electron chi connectivity index (χ1n) is 3.28. The molecule has 0 saturated heterocycles. The first-order valence-corrected chi connectivity index (χ1v) is 3.28. The second-order valence-corrected chi connectivity index (χ2v) is 2.23. The molecule has 0 fully saturated rings. The summed E-state index contributed by atoms with van der Waals surface area (Å²) in [5, 5.41) is 11.0. The number of hydrogen-bond donors (Lipinski definition) is 2. The average molecular weight is 162 g/mol. The molecule has 12 heavy (non-hydrogen) atoms. The molecule has 0 bridgehead atoms. The zero-order valence-corrected chi connectivity index (χ0v) is 6.10. The summed E-state index contributed by atoms with van der Waals surface area (Å²) in [5.74, 6) is 0.366. The Morgan fingerprint density at radius 1 is 1.50 bits per heavy atom. The van der Waals surface area contributed by atoms with E-state index < -0.39 is 0 Å². The lowest BCUT2D eigenvalue weighted by atomic mass is 10.5. The van der Waals surface area contributed by atoms with Gasteiger partial charge in [0, 0.05) is 0 Å². The van der Waals surface area contributed by atoms with Crippen LogP contribution in [0, 0.1) is 5.41 Å². The van der Waals surface area contributed by atoms with Crippen LogP contribution in [0.15, 0.2) is 18.6 Å². The Bertz CT molecular complexity index is 397. The summed E-state index contributed by atoms with van der Waals surface area (Å²) < 4.78 is 1.47. The number of nitrogen functional groups attached to an aromatic ring is 1. The van der Waals surface area contributed by atoms with Gasteiger partial charge in [-0.3, -0.25) is 5.41 Å². The van der Waals surface area contributed by atoms with Crippen LogP contribution in [0.5, 0.6) is 0 Å². The molecule has 0 aliphatic rings. The topological polar surface area (TPSA) is 93.0 Å². The van der Waals surface area contributed by atoms with Gasteiger partial charge in [-0.05, 0) is 0 Å². The second kappa shape index (κ2) is 2.26. The molecule has 0 amide bonds. The smallest absolute Gasteiger partial charge is 0.251 e. The molecule has 0 atom stereocenters. The van der Waals surface area contributed by atoms with Crippen molar-refractivity contribution in [3.8, 4) is 0 Å². The highest BCUT2D eigenvalue weighted by atomic mass is 15.3. The fourth-order valence-electron chi connectivity index (χ4n) is 0.866. The van der Waals surface area contributed by atoms with Crippen molar-refractivity contribution in [3.05, 3.63) is 24.3 Å². The van der Waals surface area contributed by atoms with Gasteiger partial charge in [-0.25, -0.2) is 14.5 Å². The minimum Gasteiger partial charge on any atom is -0.382 e. The third-order valence-corrected chi connectivity index (χ3v) is 1.39. The fraction of sp³-hybridized carbons (Fsp3) is 0. The van der Waals surface area contributed by atoms with Crippen LogP contribution < -0.4 is 5.73 Å². The van der Waals surface area contributed by atoms with Crippen LogP contribution in [0.4, 0.5) is 0 Å². The summed E-state index contributed by atoms with van der Waals surface area (Å²) in [4.78, 5) is 7.87. The molecule has 2 rings (SSSR count). The molecule has 6 nitrogen and oxygen atoms in total. The number of rotatable bonds is 1. The van der Waals surface area contributed by atoms with Crippen LogP contribution in [-0.2, 0) is 0 Å². The van der Waals surface area contributed by atoms with Crippen molar-refractivity contribution < 1.29 is 0 Å². The summed E-state index contributed by atoms with van der Waals surface area (Å²) in [5.41, 5.74) is 5.62. The second-order valence-electron chi connectivity index (χ2n) is 2.23. The SMILES string of the molecule is N=C(N)c1cn2nccnc2n1. The maximum atomic E-state index is 7.11. The number of aromatic nitrogens is 4.